The van der Waals surface area contributed by atoms with E-state index in [-0.39, 0.29) is 5.56 Å². The molecule has 1 aromatic rings. The van der Waals surface area contributed by atoms with Gasteiger partial charge in [0, 0.05) is 0 Å². The van der Waals surface area contributed by atoms with E-state index in [1.54, 1.807) is 12.1 Å². The van der Waals surface area contributed by atoms with Crippen LogP contribution in [0.2, 0.25) is 5.02 Å². The van der Waals surface area contributed by atoms with Crippen molar-refractivity contribution >= 4 is 40.6 Å². The van der Waals surface area contributed by atoms with E-state index in [0.29, 0.717) is 10.7 Å². The van der Waals surface area contributed by atoms with Gasteiger partial charge in [-0.05, 0) is 30.4 Å². The number of isothiocyanates is 1. The Kier molecular flexibility index (Phi) is 3.77. The van der Waals surface area contributed by atoms with Gasteiger partial charge >= 0.3 is 5.97 Å². The highest BCUT2D eigenvalue weighted by Crippen LogP contribution is 2.22. The van der Waals surface area contributed by atoms with Gasteiger partial charge in [-0.15, -0.1) is 0 Å². The molecule has 0 atom stereocenters. The van der Waals surface area contributed by atoms with Gasteiger partial charge in [-0.1, -0.05) is 11.6 Å². The highest BCUT2D eigenvalue weighted by Gasteiger charge is 2.10. The van der Waals surface area contributed by atoms with Crippen molar-refractivity contribution in [2.75, 3.05) is 7.11 Å². The Bertz CT molecular complexity index is 413. The van der Waals surface area contributed by atoms with Gasteiger partial charge < -0.3 is 4.74 Å². The monoisotopic (exact) mass is 227 g/mol. The number of rotatable bonds is 2. The Morgan fingerprint density at radius 1 is 1.64 bits per heavy atom. The van der Waals surface area contributed by atoms with Crippen LogP contribution in [-0.2, 0) is 4.74 Å². The summed E-state index contributed by atoms with van der Waals surface area (Å²) in [6.07, 6.45) is 0. The van der Waals surface area contributed by atoms with Gasteiger partial charge in [0.1, 0.15) is 0 Å². The number of hydrogen-bond acceptors (Lipinski definition) is 4. The third-order valence-electron chi connectivity index (χ3n) is 1.53. The maximum atomic E-state index is 11.2. The number of benzene rings is 1. The Balaban J connectivity index is 3.20. The molecule has 0 radical (unpaired) electrons. The van der Waals surface area contributed by atoms with Crippen molar-refractivity contribution < 1.29 is 9.53 Å². The number of esters is 1. The minimum atomic E-state index is -0.503. The fraction of sp³-hybridized carbons (Fsp3) is 0.111. The summed E-state index contributed by atoms with van der Waals surface area (Å²) in [5.41, 5.74) is 0.783. The second kappa shape index (κ2) is 4.86. The number of hydrogen-bond donors (Lipinski definition) is 0. The van der Waals surface area contributed by atoms with Crippen LogP contribution in [0.5, 0.6) is 0 Å². The molecule has 14 heavy (non-hydrogen) atoms. The predicted molar refractivity (Wildman–Crippen MR) is 57.5 cm³/mol. The lowest BCUT2D eigenvalue weighted by Gasteiger charge is -2.01. The van der Waals surface area contributed by atoms with Crippen molar-refractivity contribution in [3.63, 3.8) is 0 Å². The number of nitrogens with zero attached hydrogens (tertiary/aromatic N) is 1. The topological polar surface area (TPSA) is 38.7 Å². The Morgan fingerprint density at radius 3 is 2.93 bits per heavy atom. The summed E-state index contributed by atoms with van der Waals surface area (Å²) in [6, 6.07) is 4.68. The van der Waals surface area contributed by atoms with E-state index in [0.717, 1.165) is 0 Å². The summed E-state index contributed by atoms with van der Waals surface area (Å²) in [4.78, 5) is 14.9. The van der Waals surface area contributed by atoms with E-state index in [2.05, 4.69) is 27.1 Å². The fourth-order valence-electron chi connectivity index (χ4n) is 0.902. The molecule has 1 rings (SSSR count). The Labute approximate surface area is 91.4 Å². The predicted octanol–water partition coefficient (Wildman–Crippen LogP) is 2.86. The molecule has 0 unspecified atom stereocenters. The molecule has 0 aliphatic heterocycles. The number of thiocarbonyl (C=S) groups is 1. The van der Waals surface area contributed by atoms with E-state index in [1.165, 1.54) is 13.2 Å². The highest BCUT2D eigenvalue weighted by molar-refractivity contribution is 7.78. The molecule has 0 bridgehead atoms. The Morgan fingerprint density at radius 2 is 2.36 bits per heavy atom. The molecule has 0 amide bonds. The number of halogens is 1. The molecular weight excluding hydrogens is 222 g/mol. The summed E-state index contributed by atoms with van der Waals surface area (Å²) in [5.74, 6) is -0.503. The number of ether oxygens (including phenoxy) is 1. The van der Waals surface area contributed by atoms with Crippen LogP contribution in [0.25, 0.3) is 0 Å². The molecule has 0 fully saturated rings. The van der Waals surface area contributed by atoms with Crippen LogP contribution in [0.3, 0.4) is 0 Å². The van der Waals surface area contributed by atoms with Gasteiger partial charge in [-0.3, -0.25) is 0 Å². The first-order chi connectivity index (χ1) is 6.69. The number of aliphatic imine (C=N–C) groups is 1. The van der Waals surface area contributed by atoms with Gasteiger partial charge in [0.05, 0.1) is 28.5 Å². The summed E-state index contributed by atoms with van der Waals surface area (Å²) in [5, 5.41) is 2.52. The summed E-state index contributed by atoms with van der Waals surface area (Å²) < 4.78 is 4.54. The molecule has 72 valence electrons. The van der Waals surface area contributed by atoms with Crippen LogP contribution >= 0.6 is 23.8 Å². The van der Waals surface area contributed by atoms with Gasteiger partial charge in [-0.25, -0.2) is 4.79 Å². The molecule has 0 aliphatic rings. The van der Waals surface area contributed by atoms with Crippen molar-refractivity contribution in [2.45, 2.75) is 0 Å². The van der Waals surface area contributed by atoms with Crippen molar-refractivity contribution in [3.05, 3.63) is 28.8 Å². The lowest BCUT2D eigenvalue weighted by atomic mass is 10.2. The molecule has 0 heterocycles. The smallest absolute Gasteiger partial charge is 0.339 e. The number of carbonyl (C=O) groups is 1. The first kappa shape index (κ1) is 10.9. The van der Waals surface area contributed by atoms with Crippen LogP contribution in [0.4, 0.5) is 5.69 Å². The third-order valence-corrected chi connectivity index (χ3v) is 1.95. The van der Waals surface area contributed by atoms with Gasteiger partial charge in [0.25, 0.3) is 0 Å². The third kappa shape index (κ3) is 2.39. The standard InChI is InChI=1S/C9H6ClNO2S/c1-13-9(12)7-4-6(11-5-14)2-3-8(7)10/h2-4H,1H3. The SMILES string of the molecule is COC(=O)c1cc(N=C=S)ccc1Cl. The van der Waals surface area contributed by atoms with Crippen LogP contribution in [0.1, 0.15) is 10.4 Å². The average molecular weight is 228 g/mol. The summed E-state index contributed by atoms with van der Waals surface area (Å²) in [6.45, 7) is 0. The molecule has 5 heteroatoms. The van der Waals surface area contributed by atoms with E-state index in [1.807, 2.05) is 0 Å². The van der Waals surface area contributed by atoms with Gasteiger partial charge in [0.15, 0.2) is 0 Å². The molecule has 0 saturated heterocycles. The minimum absolute atomic E-state index is 0.265. The molecule has 0 spiro atoms. The highest BCUT2D eigenvalue weighted by atomic mass is 35.5. The van der Waals surface area contributed by atoms with Gasteiger partial charge in [0.2, 0.25) is 0 Å². The first-order valence-corrected chi connectivity index (χ1v) is 4.43. The van der Waals surface area contributed by atoms with E-state index >= 15 is 0 Å². The number of carbonyl (C=O) groups excluding carboxylic acids is 1. The molecule has 0 saturated carbocycles. The second-order valence-corrected chi connectivity index (χ2v) is 2.95. The molecule has 0 aromatic heterocycles. The minimum Gasteiger partial charge on any atom is -0.465 e. The second-order valence-electron chi connectivity index (χ2n) is 2.36. The largest absolute Gasteiger partial charge is 0.465 e. The summed E-state index contributed by atoms with van der Waals surface area (Å²) in [7, 11) is 1.29. The fourth-order valence-corrected chi connectivity index (χ4v) is 1.20. The van der Waals surface area contributed by atoms with Crippen LogP contribution in [-0.4, -0.2) is 18.2 Å². The molecule has 0 N–H and O–H groups in total. The number of methoxy groups -OCH3 is 1. The zero-order valence-electron chi connectivity index (χ0n) is 7.28. The lowest BCUT2D eigenvalue weighted by molar-refractivity contribution is 0.0601. The van der Waals surface area contributed by atoms with Crippen LogP contribution in [0.15, 0.2) is 23.2 Å². The van der Waals surface area contributed by atoms with Crippen molar-refractivity contribution in [1.82, 2.24) is 0 Å². The van der Waals surface area contributed by atoms with Crippen molar-refractivity contribution in [2.24, 2.45) is 4.99 Å². The zero-order valence-corrected chi connectivity index (χ0v) is 8.85. The van der Waals surface area contributed by atoms with Crippen molar-refractivity contribution in [3.8, 4) is 0 Å². The van der Waals surface area contributed by atoms with Gasteiger partial charge in [-0.2, -0.15) is 4.99 Å². The molecular formula is C9H6ClNO2S. The molecule has 0 aliphatic carbocycles. The molecule has 3 nitrogen and oxygen atoms in total. The summed E-state index contributed by atoms with van der Waals surface area (Å²) >= 11 is 10.2. The van der Waals surface area contributed by atoms with E-state index in [9.17, 15) is 4.79 Å². The normalized spacial score (nSPS) is 9.00. The molecule has 1 aromatic carbocycles. The van der Waals surface area contributed by atoms with Crippen LogP contribution in [0, 0.1) is 0 Å². The Hall–Kier alpha value is -1.22. The average Bonchev–Trinajstić information content (AvgIpc) is 2.20. The van der Waals surface area contributed by atoms with E-state index < -0.39 is 5.97 Å². The maximum Gasteiger partial charge on any atom is 0.339 e. The van der Waals surface area contributed by atoms with E-state index in [4.69, 9.17) is 11.6 Å². The van der Waals surface area contributed by atoms with Crippen molar-refractivity contribution in [1.29, 1.82) is 0 Å². The quantitative estimate of drug-likeness (QED) is 0.443. The van der Waals surface area contributed by atoms with Crippen LogP contribution < -0.4 is 0 Å². The maximum absolute atomic E-state index is 11.2. The lowest BCUT2D eigenvalue weighted by Crippen LogP contribution is -2.01. The zero-order chi connectivity index (χ0) is 10.6. The first-order valence-electron chi connectivity index (χ1n) is 3.64.